The number of oxime groups is 4. The molecule has 716 valence electrons. The number of carbonyl (C=O) groups is 7. The van der Waals surface area contributed by atoms with E-state index in [2.05, 4.69) is 227 Å². The second kappa shape index (κ2) is 45.8. The van der Waals surface area contributed by atoms with Crippen LogP contribution in [0.5, 0.6) is 0 Å². The number of benzene rings is 12. The molecule has 0 spiro atoms. The van der Waals surface area contributed by atoms with Gasteiger partial charge in [-0.25, -0.2) is 19.2 Å². The lowest BCUT2D eigenvalue weighted by atomic mass is 9.71. The van der Waals surface area contributed by atoms with E-state index in [9.17, 15) is 33.6 Å². The summed E-state index contributed by atoms with van der Waals surface area (Å²) in [4.78, 5) is 106. The van der Waals surface area contributed by atoms with Crippen LogP contribution < -0.4 is 0 Å². The fourth-order valence-corrected chi connectivity index (χ4v) is 23.3. The molecule has 0 N–H and O–H groups in total. The van der Waals surface area contributed by atoms with E-state index in [0.29, 0.717) is 46.9 Å². The van der Waals surface area contributed by atoms with E-state index >= 15 is 0 Å². The Bertz CT molecular complexity index is 6680. The van der Waals surface area contributed by atoms with Gasteiger partial charge in [0.2, 0.25) is 11.6 Å². The van der Waals surface area contributed by atoms with Crippen LogP contribution in [0, 0.1) is 19.8 Å². The van der Waals surface area contributed by atoms with Crippen LogP contribution in [-0.2, 0) is 66.6 Å². The second-order valence-corrected chi connectivity index (χ2v) is 38.4. The zero-order valence-corrected chi connectivity index (χ0v) is 83.9. The van der Waals surface area contributed by atoms with Gasteiger partial charge in [0.15, 0.2) is 5.78 Å². The zero-order chi connectivity index (χ0) is 98.7. The Labute approximate surface area is 821 Å². The molecule has 0 atom stereocenters. The Morgan fingerprint density at radius 3 is 1.12 bits per heavy atom. The molecular formula is C124H134N4O11. The Balaban J connectivity index is 0.000000150. The minimum atomic E-state index is -0.540. The first-order valence-corrected chi connectivity index (χ1v) is 50.5. The van der Waals surface area contributed by atoms with E-state index in [4.69, 9.17) is 14.5 Å². The lowest BCUT2D eigenvalue weighted by Crippen LogP contribution is -2.26. The van der Waals surface area contributed by atoms with Gasteiger partial charge in [0.1, 0.15) is 17.1 Å². The molecule has 0 bridgehead atoms. The molecule has 17 rings (SSSR count). The molecule has 12 aromatic rings. The summed E-state index contributed by atoms with van der Waals surface area (Å²) < 4.78 is 0. The number of fused-ring (bicyclic) bond motifs is 13. The van der Waals surface area contributed by atoms with Crippen molar-refractivity contribution < 1.29 is 52.9 Å². The summed E-state index contributed by atoms with van der Waals surface area (Å²) >= 11 is 0. The third kappa shape index (κ3) is 21.4. The molecule has 12 aromatic carbocycles. The SMILES string of the molecule is CCCC1(CCC)c2cc(C(=O)c3cccc4ccccc34)ccc2-c2ccc(/C(=N\OC(C)=O)c3ccccc3C)cc21.CCCC1(CCC)c2ccccc2-c2ccc(C(=O)/C(C)=N/OC(C)=O)cc21.CCCC1(CCC)c2ccccc2-c2ccc(C(=O)/C(CC3CCCCC3)=N/OC(C)=O)cc21.CCCC1(CCC)c2ccccc2-c2ccc(C/C(=N/OC(C)=O)c3ccccc3C)cc21. The van der Waals surface area contributed by atoms with Crippen LogP contribution >= 0.6 is 0 Å². The highest BCUT2D eigenvalue weighted by molar-refractivity contribution is 6.46. The monoisotopic (exact) mass is 1860 g/mol. The molecule has 5 aliphatic rings. The number of aryl methyl sites for hydroxylation is 2. The molecule has 0 unspecified atom stereocenters. The van der Waals surface area contributed by atoms with Crippen molar-refractivity contribution in [3.8, 4) is 44.5 Å². The van der Waals surface area contributed by atoms with Gasteiger partial charge in [0, 0.05) is 94.7 Å². The van der Waals surface area contributed by atoms with Gasteiger partial charge in [0.05, 0.1) is 5.71 Å². The van der Waals surface area contributed by atoms with Crippen LogP contribution in [-0.4, -0.2) is 64.1 Å². The number of carbonyl (C=O) groups excluding carboxylic acids is 7. The molecule has 0 aliphatic heterocycles. The molecule has 1 fully saturated rings. The smallest absolute Gasteiger partial charge is 0.318 e. The Morgan fingerprint density at radius 1 is 0.309 bits per heavy atom. The normalized spacial score (nSPS) is 14.7. The van der Waals surface area contributed by atoms with Crippen LogP contribution in [0.15, 0.2) is 275 Å². The molecule has 0 radical (unpaired) electrons. The highest BCUT2D eigenvalue weighted by atomic mass is 16.7. The van der Waals surface area contributed by atoms with Gasteiger partial charge in [0.25, 0.3) is 0 Å². The van der Waals surface area contributed by atoms with Gasteiger partial charge in [-0.15, -0.1) is 0 Å². The van der Waals surface area contributed by atoms with Crippen molar-refractivity contribution in [1.82, 2.24) is 0 Å². The zero-order valence-electron chi connectivity index (χ0n) is 83.9. The maximum absolute atomic E-state index is 14.1. The van der Waals surface area contributed by atoms with Crippen molar-refractivity contribution in [1.29, 1.82) is 0 Å². The average molecular weight is 1860 g/mol. The third-order valence-corrected chi connectivity index (χ3v) is 28.9. The predicted molar refractivity (Wildman–Crippen MR) is 563 cm³/mol. The Kier molecular flexibility index (Phi) is 33.4. The summed E-state index contributed by atoms with van der Waals surface area (Å²) in [6.45, 7) is 28.9. The van der Waals surface area contributed by atoms with Crippen molar-refractivity contribution >= 4 is 74.8 Å². The molecule has 1 saturated carbocycles. The number of hydrogen-bond donors (Lipinski definition) is 0. The molecule has 139 heavy (non-hydrogen) atoms. The fraction of sp³-hybridized carbons (Fsp3) is 0.347. The lowest BCUT2D eigenvalue weighted by molar-refractivity contribution is -0.141. The van der Waals surface area contributed by atoms with Gasteiger partial charge in [-0.2, -0.15) is 0 Å². The van der Waals surface area contributed by atoms with Gasteiger partial charge in [-0.1, -0.05) is 390 Å². The third-order valence-electron chi connectivity index (χ3n) is 28.9. The molecule has 0 amide bonds. The van der Waals surface area contributed by atoms with E-state index in [0.717, 1.165) is 165 Å². The number of nitrogens with zero attached hydrogens (tertiary/aromatic N) is 4. The maximum Gasteiger partial charge on any atom is 0.332 e. The molecule has 0 aromatic heterocycles. The van der Waals surface area contributed by atoms with Crippen LogP contribution in [0.3, 0.4) is 0 Å². The summed E-state index contributed by atoms with van der Waals surface area (Å²) in [6.07, 6.45) is 24.0. The molecule has 15 nitrogen and oxygen atoms in total. The van der Waals surface area contributed by atoms with Crippen LogP contribution in [0.2, 0.25) is 0 Å². The van der Waals surface area contributed by atoms with Crippen molar-refractivity contribution in [3.63, 3.8) is 0 Å². The van der Waals surface area contributed by atoms with Crippen molar-refractivity contribution in [3.05, 3.63) is 355 Å². The highest BCUT2D eigenvalue weighted by Crippen LogP contribution is 2.59. The number of rotatable bonds is 33. The number of hydrogen-bond acceptors (Lipinski definition) is 15. The van der Waals surface area contributed by atoms with Crippen LogP contribution in [0.4, 0.5) is 0 Å². The number of ketones is 3. The topological polar surface area (TPSA) is 206 Å². The average Bonchev–Trinajstić information content (AvgIpc) is 1.57. The summed E-state index contributed by atoms with van der Waals surface area (Å²) in [5.74, 6) is -1.78. The summed E-state index contributed by atoms with van der Waals surface area (Å²) in [5, 5.41) is 18.4. The standard InChI is InChI=1S/C40H37NO3.C30H37NO3.C30H33NO2.C24H27NO3/c1-5-22-40(23-6-2)36-24-29(38(41-44-27(4)42)31-15-9-7-12-26(31)3)18-20-33(36)34-21-19-30(25-37(34)40)39(43)35-17-11-14-28-13-8-10-16-32(28)35;1-4-17-30(18-5-2)26-14-10-9-13-24(26)25-16-15-23(20-27(25)30)29(33)28(31-34-21(3)32)19-22-11-7-6-8-12-22;1-5-17-30(18-6-2)27-14-10-9-13-25(27)26-16-15-23(19-28(26)30)20-29(31-33-22(4)32)24-12-8-7-11-21(24)3;1-5-13-24(14-6-2)21-10-8-7-9-19(21)20-12-11-18(15-22(20)24)23(27)16(3)25-28-17(4)26/h7-21,24-25H,5-6,22-23H2,1-4H3;9-10,13-16,20,22H,4-8,11-12,17-19H2,1-3H3;7-16,19H,5-6,17-18,20H2,1-4H3;7-12,15H,5-6,13-14H2,1-4H3/b41-38+;31-28+;31-29-;25-16+. The molecular weight excluding hydrogens is 1720 g/mol. The van der Waals surface area contributed by atoms with Crippen LogP contribution in [0.1, 0.15) is 346 Å². The summed E-state index contributed by atoms with van der Waals surface area (Å²) in [5.41, 5.74) is 31.1. The maximum atomic E-state index is 14.1. The molecule has 15 heteroatoms. The molecule has 5 aliphatic carbocycles. The van der Waals surface area contributed by atoms with E-state index in [1.54, 1.807) is 6.92 Å². The largest absolute Gasteiger partial charge is 0.332 e. The Hall–Kier alpha value is -13.5. The first-order valence-electron chi connectivity index (χ1n) is 50.5. The molecule has 0 saturated heterocycles. The lowest BCUT2D eigenvalue weighted by Gasteiger charge is -2.32. The van der Waals surface area contributed by atoms with E-state index in [1.807, 2.05) is 122 Å². The second-order valence-electron chi connectivity index (χ2n) is 38.4. The fourth-order valence-electron chi connectivity index (χ4n) is 23.3. The summed E-state index contributed by atoms with van der Waals surface area (Å²) in [6, 6.07) is 88.0. The van der Waals surface area contributed by atoms with Gasteiger partial charge in [-0.05, 0) is 225 Å². The van der Waals surface area contributed by atoms with E-state index < -0.39 is 23.9 Å². The van der Waals surface area contributed by atoms with E-state index in [1.165, 1.54) is 142 Å². The predicted octanol–water partition coefficient (Wildman–Crippen LogP) is 30.2. The van der Waals surface area contributed by atoms with Crippen molar-refractivity contribution in [2.24, 2.45) is 26.5 Å². The first kappa shape index (κ1) is 101. The van der Waals surface area contributed by atoms with Gasteiger partial charge >= 0.3 is 23.9 Å². The van der Waals surface area contributed by atoms with Crippen molar-refractivity contribution in [2.45, 2.75) is 273 Å². The summed E-state index contributed by atoms with van der Waals surface area (Å²) in [7, 11) is 0. The molecule has 0 heterocycles. The minimum Gasteiger partial charge on any atom is -0.318 e. The van der Waals surface area contributed by atoms with Crippen molar-refractivity contribution in [2.75, 3.05) is 0 Å². The first-order chi connectivity index (χ1) is 67.3. The quantitative estimate of drug-likeness (QED) is 0.0164. The van der Waals surface area contributed by atoms with Crippen LogP contribution in [0.25, 0.3) is 55.3 Å². The van der Waals surface area contributed by atoms with Gasteiger partial charge < -0.3 is 19.4 Å². The number of Topliss-reactive ketones (excluding diaryl/α,β-unsaturated/α-hetero) is 2. The van der Waals surface area contributed by atoms with E-state index in [-0.39, 0.29) is 44.7 Å². The van der Waals surface area contributed by atoms with Gasteiger partial charge in [-0.3, -0.25) is 14.4 Å². The minimum absolute atomic E-state index is 0.0403. The Morgan fingerprint density at radius 2 is 0.655 bits per heavy atom. The highest BCUT2D eigenvalue weighted by Gasteiger charge is 2.47.